The molecule has 0 saturated carbocycles. The lowest BCUT2D eigenvalue weighted by atomic mass is 9.94. The number of rotatable bonds is 4. The zero-order valence-electron chi connectivity index (χ0n) is 12.7. The number of piperidine rings is 1. The molecule has 1 amide bonds. The molecule has 21 heavy (non-hydrogen) atoms. The van der Waals surface area contributed by atoms with Gasteiger partial charge < -0.3 is 10.0 Å². The SMILES string of the molecule is Cc1ccc(CC(C)C(=O)N2CCCC(C(=O)O)C2)cc1. The average molecular weight is 289 g/mol. The molecule has 1 aromatic carbocycles. The quantitative estimate of drug-likeness (QED) is 0.926. The second kappa shape index (κ2) is 6.74. The second-order valence-corrected chi connectivity index (χ2v) is 6.05. The van der Waals surface area contributed by atoms with Crippen LogP contribution in [0.5, 0.6) is 0 Å². The zero-order valence-corrected chi connectivity index (χ0v) is 12.7. The van der Waals surface area contributed by atoms with Gasteiger partial charge in [-0.25, -0.2) is 0 Å². The molecule has 1 aliphatic heterocycles. The maximum atomic E-state index is 12.5. The van der Waals surface area contributed by atoms with E-state index in [0.29, 0.717) is 25.9 Å². The molecule has 114 valence electrons. The maximum Gasteiger partial charge on any atom is 0.308 e. The fraction of sp³-hybridized carbons (Fsp3) is 0.529. The lowest BCUT2D eigenvalue weighted by Crippen LogP contribution is -2.44. The van der Waals surface area contributed by atoms with Crippen LogP contribution in [0.25, 0.3) is 0 Å². The number of hydrogen-bond acceptors (Lipinski definition) is 2. The molecule has 1 saturated heterocycles. The predicted molar refractivity (Wildman–Crippen MR) is 81.0 cm³/mol. The number of benzene rings is 1. The molecule has 1 N–H and O–H groups in total. The van der Waals surface area contributed by atoms with Gasteiger partial charge in [0.05, 0.1) is 5.92 Å². The van der Waals surface area contributed by atoms with Crippen LogP contribution in [0, 0.1) is 18.8 Å². The Hall–Kier alpha value is -1.84. The molecule has 4 heteroatoms. The van der Waals surface area contributed by atoms with Gasteiger partial charge in [-0.3, -0.25) is 9.59 Å². The summed E-state index contributed by atoms with van der Waals surface area (Å²) in [6.07, 6.45) is 2.15. The van der Waals surface area contributed by atoms with Crippen molar-refractivity contribution in [1.82, 2.24) is 4.90 Å². The molecule has 0 aliphatic carbocycles. The normalized spacial score (nSPS) is 20.1. The predicted octanol–water partition coefficient (Wildman–Crippen LogP) is 2.50. The van der Waals surface area contributed by atoms with Crippen molar-refractivity contribution in [3.05, 3.63) is 35.4 Å². The molecule has 0 bridgehead atoms. The van der Waals surface area contributed by atoms with E-state index in [1.54, 1.807) is 4.90 Å². The van der Waals surface area contributed by atoms with E-state index in [4.69, 9.17) is 5.11 Å². The Labute approximate surface area is 125 Å². The summed E-state index contributed by atoms with van der Waals surface area (Å²) in [7, 11) is 0. The Morgan fingerprint density at radius 2 is 2.00 bits per heavy atom. The fourth-order valence-electron chi connectivity index (χ4n) is 2.86. The van der Waals surface area contributed by atoms with E-state index in [0.717, 1.165) is 12.0 Å². The summed E-state index contributed by atoms with van der Waals surface area (Å²) in [5, 5.41) is 9.10. The number of aliphatic carboxylic acids is 1. The van der Waals surface area contributed by atoms with Crippen LogP contribution in [0.4, 0.5) is 0 Å². The molecule has 2 rings (SSSR count). The maximum absolute atomic E-state index is 12.5. The van der Waals surface area contributed by atoms with Crippen LogP contribution in [0.3, 0.4) is 0 Å². The zero-order chi connectivity index (χ0) is 15.4. The molecule has 0 aromatic heterocycles. The minimum Gasteiger partial charge on any atom is -0.481 e. The van der Waals surface area contributed by atoms with Crippen molar-refractivity contribution >= 4 is 11.9 Å². The molecule has 1 heterocycles. The van der Waals surface area contributed by atoms with Gasteiger partial charge in [0.25, 0.3) is 0 Å². The van der Waals surface area contributed by atoms with Gasteiger partial charge in [-0.1, -0.05) is 36.8 Å². The molecular weight excluding hydrogens is 266 g/mol. The summed E-state index contributed by atoms with van der Waals surface area (Å²) in [6, 6.07) is 8.20. The lowest BCUT2D eigenvalue weighted by Gasteiger charge is -2.32. The molecule has 0 spiro atoms. The summed E-state index contributed by atoms with van der Waals surface area (Å²) in [6.45, 7) is 5.00. The Kier molecular flexibility index (Phi) is 4.99. The van der Waals surface area contributed by atoms with Crippen molar-refractivity contribution in [2.45, 2.75) is 33.1 Å². The third-order valence-electron chi connectivity index (χ3n) is 4.17. The third kappa shape index (κ3) is 4.06. The number of amides is 1. The molecule has 4 nitrogen and oxygen atoms in total. The van der Waals surface area contributed by atoms with Crippen LogP contribution in [-0.4, -0.2) is 35.0 Å². The van der Waals surface area contributed by atoms with Crippen molar-refractivity contribution in [1.29, 1.82) is 0 Å². The molecule has 2 unspecified atom stereocenters. The first-order valence-corrected chi connectivity index (χ1v) is 7.54. The summed E-state index contributed by atoms with van der Waals surface area (Å²) in [5.74, 6) is -1.24. The van der Waals surface area contributed by atoms with Crippen molar-refractivity contribution in [3.8, 4) is 0 Å². The number of nitrogens with zero attached hydrogens (tertiary/aromatic N) is 1. The topological polar surface area (TPSA) is 57.6 Å². The van der Waals surface area contributed by atoms with Crippen LogP contribution in [0.1, 0.15) is 30.9 Å². The van der Waals surface area contributed by atoms with E-state index < -0.39 is 11.9 Å². The second-order valence-electron chi connectivity index (χ2n) is 6.05. The lowest BCUT2D eigenvalue weighted by molar-refractivity contribution is -0.146. The van der Waals surface area contributed by atoms with Crippen LogP contribution >= 0.6 is 0 Å². The van der Waals surface area contributed by atoms with E-state index in [2.05, 4.69) is 12.1 Å². The number of likely N-dealkylation sites (tertiary alicyclic amines) is 1. The molecule has 0 radical (unpaired) electrons. The van der Waals surface area contributed by atoms with Crippen molar-refractivity contribution in [3.63, 3.8) is 0 Å². The van der Waals surface area contributed by atoms with Gasteiger partial charge in [0.1, 0.15) is 0 Å². The highest BCUT2D eigenvalue weighted by Gasteiger charge is 2.30. The molecule has 1 fully saturated rings. The van der Waals surface area contributed by atoms with Gasteiger partial charge in [0.2, 0.25) is 5.91 Å². The van der Waals surface area contributed by atoms with Crippen molar-refractivity contribution in [2.75, 3.05) is 13.1 Å². The number of carbonyl (C=O) groups is 2. The van der Waals surface area contributed by atoms with Gasteiger partial charge >= 0.3 is 5.97 Å². The van der Waals surface area contributed by atoms with Crippen molar-refractivity contribution < 1.29 is 14.7 Å². The van der Waals surface area contributed by atoms with E-state index >= 15 is 0 Å². The van der Waals surface area contributed by atoms with E-state index in [-0.39, 0.29) is 11.8 Å². The van der Waals surface area contributed by atoms with Gasteiger partial charge in [0, 0.05) is 19.0 Å². The summed E-state index contributed by atoms with van der Waals surface area (Å²) in [5.41, 5.74) is 2.35. The Morgan fingerprint density at radius 1 is 1.33 bits per heavy atom. The highest BCUT2D eigenvalue weighted by molar-refractivity contribution is 5.80. The summed E-state index contributed by atoms with van der Waals surface area (Å²) < 4.78 is 0. The number of hydrogen-bond donors (Lipinski definition) is 1. The molecular formula is C17H23NO3. The van der Waals surface area contributed by atoms with Crippen LogP contribution in [0.2, 0.25) is 0 Å². The highest BCUT2D eigenvalue weighted by Crippen LogP contribution is 2.20. The monoisotopic (exact) mass is 289 g/mol. The fourth-order valence-corrected chi connectivity index (χ4v) is 2.86. The first kappa shape index (κ1) is 15.5. The van der Waals surface area contributed by atoms with E-state index in [1.165, 1.54) is 5.56 Å². The van der Waals surface area contributed by atoms with Gasteiger partial charge in [-0.15, -0.1) is 0 Å². The Bertz CT molecular complexity index is 509. The molecule has 1 aromatic rings. The van der Waals surface area contributed by atoms with E-state index in [1.807, 2.05) is 26.0 Å². The average Bonchev–Trinajstić information content (AvgIpc) is 2.49. The van der Waals surface area contributed by atoms with Crippen LogP contribution in [0.15, 0.2) is 24.3 Å². The van der Waals surface area contributed by atoms with E-state index in [9.17, 15) is 9.59 Å². The van der Waals surface area contributed by atoms with Gasteiger partial charge in [-0.05, 0) is 31.7 Å². The number of carboxylic acid groups (broad SMARTS) is 1. The first-order valence-electron chi connectivity index (χ1n) is 7.54. The Balaban J connectivity index is 1.95. The molecule has 2 atom stereocenters. The standard InChI is InChI=1S/C17H23NO3/c1-12-5-7-14(8-6-12)10-13(2)16(19)18-9-3-4-15(11-18)17(20)21/h5-8,13,15H,3-4,9-11H2,1-2H3,(H,20,21). The third-order valence-corrected chi connectivity index (χ3v) is 4.17. The van der Waals surface area contributed by atoms with Crippen LogP contribution in [-0.2, 0) is 16.0 Å². The van der Waals surface area contributed by atoms with Crippen LogP contribution < -0.4 is 0 Å². The minimum atomic E-state index is -0.793. The Morgan fingerprint density at radius 3 is 2.62 bits per heavy atom. The van der Waals surface area contributed by atoms with Crippen molar-refractivity contribution in [2.24, 2.45) is 11.8 Å². The molecule has 1 aliphatic rings. The van der Waals surface area contributed by atoms with Gasteiger partial charge in [0.15, 0.2) is 0 Å². The minimum absolute atomic E-state index is 0.0709. The summed E-state index contributed by atoms with van der Waals surface area (Å²) in [4.78, 5) is 25.3. The smallest absolute Gasteiger partial charge is 0.308 e. The van der Waals surface area contributed by atoms with Gasteiger partial charge in [-0.2, -0.15) is 0 Å². The number of aryl methyl sites for hydroxylation is 1. The summed E-state index contributed by atoms with van der Waals surface area (Å²) >= 11 is 0. The number of carboxylic acids is 1. The number of carbonyl (C=O) groups excluding carboxylic acids is 1. The highest BCUT2D eigenvalue weighted by atomic mass is 16.4. The largest absolute Gasteiger partial charge is 0.481 e. The first-order chi connectivity index (χ1) is 9.97.